The van der Waals surface area contributed by atoms with Crippen LogP contribution in [0.2, 0.25) is 0 Å². The molecule has 0 saturated carbocycles. The molecule has 0 aliphatic carbocycles. The Labute approximate surface area is 192 Å². The number of amides is 1. The van der Waals surface area contributed by atoms with Crippen molar-refractivity contribution in [3.05, 3.63) is 35.9 Å². The third kappa shape index (κ3) is 7.77. The topological polar surface area (TPSA) is 66.0 Å². The minimum absolute atomic E-state index is 0. The van der Waals surface area contributed by atoms with Crippen LogP contribution in [0.1, 0.15) is 45.1 Å². The lowest BCUT2D eigenvalue weighted by molar-refractivity contribution is -0.127. The van der Waals surface area contributed by atoms with Crippen molar-refractivity contribution in [2.24, 2.45) is 4.99 Å². The van der Waals surface area contributed by atoms with E-state index in [1.54, 1.807) is 19.0 Å². The molecular weight excluding hydrogens is 479 g/mol. The molecule has 6 nitrogen and oxygen atoms in total. The highest BCUT2D eigenvalue weighted by molar-refractivity contribution is 14.0. The summed E-state index contributed by atoms with van der Waals surface area (Å²) in [6.45, 7) is 6.88. The molecule has 1 amide bonds. The van der Waals surface area contributed by atoms with Gasteiger partial charge in [-0.25, -0.2) is 4.99 Å². The number of carbonyl (C=O) groups excluding carboxylic acids is 1. The Bertz CT molecular complexity index is 627. The van der Waals surface area contributed by atoms with E-state index in [-0.39, 0.29) is 47.9 Å². The van der Waals surface area contributed by atoms with Crippen molar-refractivity contribution in [3.8, 4) is 0 Å². The second kappa shape index (κ2) is 13.1. The number of hydrogen-bond donors (Lipinski definition) is 2. The van der Waals surface area contributed by atoms with E-state index in [1.807, 2.05) is 0 Å². The molecule has 1 unspecified atom stereocenters. The molecule has 1 aromatic carbocycles. The van der Waals surface area contributed by atoms with E-state index in [0.29, 0.717) is 12.5 Å². The minimum Gasteiger partial charge on any atom is -0.376 e. The van der Waals surface area contributed by atoms with Gasteiger partial charge >= 0.3 is 0 Å². The van der Waals surface area contributed by atoms with Crippen LogP contribution in [0.15, 0.2) is 35.3 Å². The molecule has 1 fully saturated rings. The van der Waals surface area contributed by atoms with E-state index in [4.69, 9.17) is 4.74 Å². The SMILES string of the molecule is CCC(CC)(CNC(=NCC(=O)N(C)C)NCC1CCCO1)c1ccccc1.I. The standard InChI is InChI=1S/C22H36N4O2.HI/c1-5-22(6-2,18-11-8-7-9-12-18)17-25-21(24-16-20(27)26(3)4)23-15-19-13-10-14-28-19;/h7-9,11-12,19H,5-6,10,13-17H2,1-4H3,(H2,23,24,25);1H. The summed E-state index contributed by atoms with van der Waals surface area (Å²) < 4.78 is 5.70. The highest BCUT2D eigenvalue weighted by Gasteiger charge is 2.28. The average molecular weight is 516 g/mol. The van der Waals surface area contributed by atoms with Gasteiger partial charge in [-0.1, -0.05) is 44.2 Å². The molecule has 2 N–H and O–H groups in total. The molecule has 0 spiro atoms. The van der Waals surface area contributed by atoms with Gasteiger partial charge in [-0.15, -0.1) is 24.0 Å². The van der Waals surface area contributed by atoms with Crippen LogP contribution in [0.3, 0.4) is 0 Å². The zero-order valence-electron chi connectivity index (χ0n) is 18.2. The second-order valence-corrected chi connectivity index (χ2v) is 7.68. The Balaban J connectivity index is 0.00000420. The van der Waals surface area contributed by atoms with Gasteiger partial charge < -0.3 is 20.3 Å². The Morgan fingerprint density at radius 2 is 1.90 bits per heavy atom. The Hall–Kier alpha value is -1.35. The van der Waals surface area contributed by atoms with Crippen LogP contribution in [0, 0.1) is 0 Å². The van der Waals surface area contributed by atoms with Gasteiger partial charge in [-0.2, -0.15) is 0 Å². The summed E-state index contributed by atoms with van der Waals surface area (Å²) in [4.78, 5) is 18.1. The van der Waals surface area contributed by atoms with E-state index in [0.717, 1.165) is 38.8 Å². The summed E-state index contributed by atoms with van der Waals surface area (Å²) in [5.74, 6) is 0.659. The summed E-state index contributed by atoms with van der Waals surface area (Å²) in [7, 11) is 3.50. The number of aliphatic imine (C=N–C) groups is 1. The maximum absolute atomic E-state index is 12.0. The Kier molecular flexibility index (Phi) is 11.6. The smallest absolute Gasteiger partial charge is 0.243 e. The van der Waals surface area contributed by atoms with Crippen molar-refractivity contribution in [3.63, 3.8) is 0 Å². The van der Waals surface area contributed by atoms with Crippen LogP contribution in [0.25, 0.3) is 0 Å². The van der Waals surface area contributed by atoms with Crippen molar-refractivity contribution in [2.45, 2.75) is 51.0 Å². The lowest BCUT2D eigenvalue weighted by atomic mass is 9.76. The minimum atomic E-state index is -0.0153. The number of hydrogen-bond acceptors (Lipinski definition) is 3. The number of nitrogens with zero attached hydrogens (tertiary/aromatic N) is 2. The first-order chi connectivity index (χ1) is 13.5. The van der Waals surface area contributed by atoms with Crippen molar-refractivity contribution in [1.29, 1.82) is 0 Å². The number of rotatable bonds is 9. The molecule has 1 aliphatic rings. The zero-order chi connectivity index (χ0) is 20.4. The van der Waals surface area contributed by atoms with E-state index < -0.39 is 0 Å². The number of benzene rings is 1. The zero-order valence-corrected chi connectivity index (χ0v) is 20.6. The monoisotopic (exact) mass is 516 g/mol. The number of carbonyl (C=O) groups is 1. The number of guanidine groups is 1. The Morgan fingerprint density at radius 3 is 2.45 bits per heavy atom. The van der Waals surface area contributed by atoms with Gasteiger partial charge in [0, 0.05) is 39.2 Å². The van der Waals surface area contributed by atoms with Crippen LogP contribution >= 0.6 is 24.0 Å². The fourth-order valence-electron chi connectivity index (χ4n) is 3.53. The first-order valence-electron chi connectivity index (χ1n) is 10.4. The summed E-state index contributed by atoms with van der Waals surface area (Å²) in [6, 6.07) is 10.6. The molecule has 1 saturated heterocycles. The summed E-state index contributed by atoms with van der Waals surface area (Å²) in [5, 5.41) is 6.86. The largest absolute Gasteiger partial charge is 0.376 e. The first-order valence-corrected chi connectivity index (χ1v) is 10.4. The van der Waals surface area contributed by atoms with E-state index in [9.17, 15) is 4.79 Å². The molecule has 1 atom stereocenters. The molecule has 7 heteroatoms. The Morgan fingerprint density at radius 1 is 1.21 bits per heavy atom. The molecule has 1 heterocycles. The van der Waals surface area contributed by atoms with Crippen LogP contribution in [-0.2, 0) is 14.9 Å². The summed E-state index contributed by atoms with van der Waals surface area (Å²) >= 11 is 0. The van der Waals surface area contributed by atoms with Gasteiger partial charge in [0.15, 0.2) is 5.96 Å². The molecule has 2 rings (SSSR count). The third-order valence-corrected chi connectivity index (χ3v) is 5.73. The summed E-state index contributed by atoms with van der Waals surface area (Å²) in [5.41, 5.74) is 1.36. The molecule has 1 aromatic rings. The predicted octanol–water partition coefficient (Wildman–Crippen LogP) is 3.16. The first kappa shape index (κ1) is 25.7. The van der Waals surface area contributed by atoms with E-state index in [1.165, 1.54) is 5.56 Å². The predicted molar refractivity (Wildman–Crippen MR) is 130 cm³/mol. The van der Waals surface area contributed by atoms with Gasteiger partial charge in [0.05, 0.1) is 6.10 Å². The highest BCUT2D eigenvalue weighted by Crippen LogP contribution is 2.30. The van der Waals surface area contributed by atoms with Gasteiger partial charge in [0.25, 0.3) is 0 Å². The number of likely N-dealkylation sites (N-methyl/N-ethyl adjacent to an activating group) is 1. The maximum atomic E-state index is 12.0. The molecule has 1 aliphatic heterocycles. The average Bonchev–Trinajstić information content (AvgIpc) is 3.24. The summed E-state index contributed by atoms with van der Waals surface area (Å²) in [6.07, 6.45) is 4.43. The fourth-order valence-corrected chi connectivity index (χ4v) is 3.53. The van der Waals surface area contributed by atoms with E-state index >= 15 is 0 Å². The lowest BCUT2D eigenvalue weighted by Crippen LogP contribution is -2.47. The van der Waals surface area contributed by atoms with Gasteiger partial charge in [-0.3, -0.25) is 4.79 Å². The van der Waals surface area contributed by atoms with Crippen molar-refractivity contribution < 1.29 is 9.53 Å². The van der Waals surface area contributed by atoms with E-state index in [2.05, 4.69) is 59.8 Å². The van der Waals surface area contributed by atoms with Crippen molar-refractivity contribution in [1.82, 2.24) is 15.5 Å². The van der Waals surface area contributed by atoms with Gasteiger partial charge in [0.1, 0.15) is 6.54 Å². The number of nitrogens with one attached hydrogen (secondary N) is 2. The molecule has 0 bridgehead atoms. The van der Waals surface area contributed by atoms with Crippen LogP contribution in [0.4, 0.5) is 0 Å². The molecule has 0 radical (unpaired) electrons. The van der Waals surface area contributed by atoms with Crippen molar-refractivity contribution in [2.75, 3.05) is 40.3 Å². The van der Waals surface area contributed by atoms with Crippen LogP contribution < -0.4 is 10.6 Å². The van der Waals surface area contributed by atoms with Gasteiger partial charge in [0.2, 0.25) is 5.91 Å². The molecule has 29 heavy (non-hydrogen) atoms. The lowest BCUT2D eigenvalue weighted by Gasteiger charge is -2.33. The van der Waals surface area contributed by atoms with Gasteiger partial charge in [-0.05, 0) is 31.2 Å². The van der Waals surface area contributed by atoms with Crippen LogP contribution in [0.5, 0.6) is 0 Å². The second-order valence-electron chi connectivity index (χ2n) is 7.68. The normalized spacial score (nSPS) is 16.8. The van der Waals surface area contributed by atoms with Crippen molar-refractivity contribution >= 4 is 35.8 Å². The highest BCUT2D eigenvalue weighted by atomic mass is 127. The molecule has 0 aromatic heterocycles. The fraction of sp³-hybridized carbons (Fsp3) is 0.636. The number of ether oxygens (including phenoxy) is 1. The third-order valence-electron chi connectivity index (χ3n) is 5.73. The molecule has 164 valence electrons. The maximum Gasteiger partial charge on any atom is 0.243 e. The quantitative estimate of drug-likeness (QED) is 0.301. The number of halogens is 1. The molecular formula is C22H37IN4O2. The van der Waals surface area contributed by atoms with Crippen LogP contribution in [-0.4, -0.2) is 63.2 Å².